The van der Waals surface area contributed by atoms with Crippen LogP contribution in [0.2, 0.25) is 0 Å². The van der Waals surface area contributed by atoms with E-state index in [1.54, 1.807) is 0 Å². The van der Waals surface area contributed by atoms with Crippen LogP contribution in [-0.4, -0.2) is 22.4 Å². The van der Waals surface area contributed by atoms with Crippen LogP contribution in [0.3, 0.4) is 0 Å². The van der Waals surface area contributed by atoms with Gasteiger partial charge >= 0.3 is 0 Å². The zero-order chi connectivity index (χ0) is 18.2. The van der Waals surface area contributed by atoms with Crippen molar-refractivity contribution < 1.29 is 9.18 Å². The fraction of sp³-hybridized carbons (Fsp3) is 0.150. The third kappa shape index (κ3) is 5.11. The van der Waals surface area contributed by atoms with E-state index in [0.717, 1.165) is 19.4 Å². The number of anilines is 2. The second-order valence-electron chi connectivity index (χ2n) is 5.76. The first-order chi connectivity index (χ1) is 12.7. The topological polar surface area (TPSA) is 66.9 Å². The second kappa shape index (κ2) is 8.71. The maximum absolute atomic E-state index is 12.9. The molecule has 0 saturated heterocycles. The Morgan fingerprint density at radius 1 is 0.962 bits per heavy atom. The normalized spacial score (nSPS) is 10.3. The van der Waals surface area contributed by atoms with Crippen molar-refractivity contribution >= 4 is 17.4 Å². The van der Waals surface area contributed by atoms with Crippen LogP contribution in [-0.2, 0) is 6.42 Å². The van der Waals surface area contributed by atoms with E-state index in [2.05, 4.69) is 32.7 Å². The first kappa shape index (κ1) is 17.5. The standard InChI is InChI=1S/C20H19FN4O/c21-16-8-10-17(11-9-16)25-20(26)18-13-24-19(14-23-18)22-12-4-7-15-5-2-1-3-6-15/h1-3,5-6,8-11,13-14H,4,7,12H2,(H,22,24)(H,25,26). The lowest BCUT2D eigenvalue weighted by atomic mass is 10.1. The monoisotopic (exact) mass is 350 g/mol. The molecule has 2 aromatic carbocycles. The lowest BCUT2D eigenvalue weighted by Crippen LogP contribution is -2.14. The van der Waals surface area contributed by atoms with E-state index in [4.69, 9.17) is 0 Å². The average molecular weight is 350 g/mol. The molecule has 0 unspecified atom stereocenters. The van der Waals surface area contributed by atoms with E-state index >= 15 is 0 Å². The van der Waals surface area contributed by atoms with Crippen LogP contribution in [0.15, 0.2) is 67.0 Å². The van der Waals surface area contributed by atoms with Crippen molar-refractivity contribution in [2.45, 2.75) is 12.8 Å². The van der Waals surface area contributed by atoms with E-state index in [1.165, 1.54) is 42.2 Å². The van der Waals surface area contributed by atoms with Gasteiger partial charge in [0.05, 0.1) is 12.4 Å². The number of amides is 1. The van der Waals surface area contributed by atoms with Crippen LogP contribution >= 0.6 is 0 Å². The second-order valence-corrected chi connectivity index (χ2v) is 5.76. The fourth-order valence-corrected chi connectivity index (χ4v) is 2.42. The molecule has 1 aromatic heterocycles. The predicted octanol–water partition coefficient (Wildman–Crippen LogP) is 3.91. The van der Waals surface area contributed by atoms with E-state index in [1.807, 2.05) is 18.2 Å². The van der Waals surface area contributed by atoms with Crippen molar-refractivity contribution in [2.75, 3.05) is 17.2 Å². The largest absolute Gasteiger partial charge is 0.369 e. The third-order valence-electron chi connectivity index (χ3n) is 3.78. The van der Waals surface area contributed by atoms with Crippen LogP contribution in [0.25, 0.3) is 0 Å². The van der Waals surface area contributed by atoms with Gasteiger partial charge in [0.2, 0.25) is 0 Å². The highest BCUT2D eigenvalue weighted by Crippen LogP contribution is 2.10. The molecule has 1 amide bonds. The molecule has 3 rings (SSSR count). The Bertz CT molecular complexity index is 836. The Hall–Kier alpha value is -3.28. The van der Waals surface area contributed by atoms with Gasteiger partial charge in [0.1, 0.15) is 17.3 Å². The molecule has 0 atom stereocenters. The third-order valence-corrected chi connectivity index (χ3v) is 3.78. The maximum atomic E-state index is 12.9. The minimum absolute atomic E-state index is 0.198. The first-order valence-corrected chi connectivity index (χ1v) is 8.37. The van der Waals surface area contributed by atoms with Crippen LogP contribution in [0.4, 0.5) is 15.9 Å². The molecule has 132 valence electrons. The van der Waals surface area contributed by atoms with Gasteiger partial charge in [-0.2, -0.15) is 0 Å². The van der Waals surface area contributed by atoms with E-state index in [9.17, 15) is 9.18 Å². The van der Waals surface area contributed by atoms with Gasteiger partial charge in [0, 0.05) is 12.2 Å². The van der Waals surface area contributed by atoms with Crippen LogP contribution < -0.4 is 10.6 Å². The molecule has 26 heavy (non-hydrogen) atoms. The zero-order valence-electron chi connectivity index (χ0n) is 14.2. The summed E-state index contributed by atoms with van der Waals surface area (Å²) in [6, 6.07) is 15.8. The summed E-state index contributed by atoms with van der Waals surface area (Å²) in [5.41, 5.74) is 2.00. The van der Waals surface area contributed by atoms with Crippen LogP contribution in [0, 0.1) is 5.82 Å². The van der Waals surface area contributed by atoms with Crippen molar-refractivity contribution in [3.63, 3.8) is 0 Å². The fourth-order valence-electron chi connectivity index (χ4n) is 2.42. The number of nitrogens with one attached hydrogen (secondary N) is 2. The first-order valence-electron chi connectivity index (χ1n) is 8.37. The van der Waals surface area contributed by atoms with E-state index < -0.39 is 0 Å². The molecule has 0 fully saturated rings. The Kier molecular flexibility index (Phi) is 5.88. The number of benzene rings is 2. The van der Waals surface area contributed by atoms with E-state index in [0.29, 0.717) is 11.5 Å². The molecule has 0 saturated carbocycles. The quantitative estimate of drug-likeness (QED) is 0.634. The lowest BCUT2D eigenvalue weighted by molar-refractivity contribution is 0.102. The molecule has 0 bridgehead atoms. The molecule has 3 aromatic rings. The van der Waals surface area contributed by atoms with Gasteiger partial charge in [-0.3, -0.25) is 4.79 Å². The molecule has 0 radical (unpaired) electrons. The van der Waals surface area contributed by atoms with Crippen LogP contribution in [0.1, 0.15) is 22.5 Å². The Balaban J connectivity index is 1.46. The Morgan fingerprint density at radius 3 is 2.42 bits per heavy atom. The van der Waals surface area contributed by atoms with Crippen molar-refractivity contribution in [3.05, 3.63) is 84.1 Å². The molecule has 6 heteroatoms. The summed E-state index contributed by atoms with van der Waals surface area (Å²) in [4.78, 5) is 20.4. The molecule has 0 aliphatic rings. The summed E-state index contributed by atoms with van der Waals surface area (Å²) in [6.45, 7) is 0.769. The highest BCUT2D eigenvalue weighted by Gasteiger charge is 2.08. The SMILES string of the molecule is O=C(Nc1ccc(F)cc1)c1cnc(NCCCc2ccccc2)cn1. The van der Waals surface area contributed by atoms with Crippen molar-refractivity contribution in [3.8, 4) is 0 Å². The molecule has 1 heterocycles. The zero-order valence-corrected chi connectivity index (χ0v) is 14.2. The van der Waals surface area contributed by atoms with Crippen molar-refractivity contribution in [1.82, 2.24) is 9.97 Å². The van der Waals surface area contributed by atoms with E-state index in [-0.39, 0.29) is 17.4 Å². The molecule has 0 spiro atoms. The minimum atomic E-state index is -0.389. The van der Waals surface area contributed by atoms with Crippen molar-refractivity contribution in [1.29, 1.82) is 0 Å². The number of hydrogen-bond donors (Lipinski definition) is 2. The summed E-state index contributed by atoms with van der Waals surface area (Å²) in [5, 5.41) is 5.84. The number of hydrogen-bond acceptors (Lipinski definition) is 4. The highest BCUT2D eigenvalue weighted by atomic mass is 19.1. The maximum Gasteiger partial charge on any atom is 0.275 e. The van der Waals surface area contributed by atoms with Gasteiger partial charge in [-0.05, 0) is 42.7 Å². The molecular formula is C20H19FN4O. The highest BCUT2D eigenvalue weighted by molar-refractivity contribution is 6.02. The molecule has 2 N–H and O–H groups in total. The molecule has 0 aliphatic heterocycles. The summed E-state index contributed by atoms with van der Waals surface area (Å²) >= 11 is 0. The summed E-state index contributed by atoms with van der Waals surface area (Å²) in [5.74, 6) is -0.124. The molecular weight excluding hydrogens is 331 g/mol. The van der Waals surface area contributed by atoms with Gasteiger partial charge in [0.25, 0.3) is 5.91 Å². The molecule has 0 aliphatic carbocycles. The summed E-state index contributed by atoms with van der Waals surface area (Å²) < 4.78 is 12.9. The van der Waals surface area contributed by atoms with Gasteiger partial charge in [-0.1, -0.05) is 30.3 Å². The summed E-state index contributed by atoms with van der Waals surface area (Å²) in [6.07, 6.45) is 4.90. The lowest BCUT2D eigenvalue weighted by Gasteiger charge is -2.07. The number of carbonyl (C=O) groups is 1. The van der Waals surface area contributed by atoms with Gasteiger partial charge in [-0.25, -0.2) is 14.4 Å². The number of halogens is 1. The molecule has 5 nitrogen and oxygen atoms in total. The predicted molar refractivity (Wildman–Crippen MR) is 99.6 cm³/mol. The van der Waals surface area contributed by atoms with Crippen LogP contribution in [0.5, 0.6) is 0 Å². The Morgan fingerprint density at radius 2 is 1.73 bits per heavy atom. The van der Waals surface area contributed by atoms with Gasteiger partial charge in [-0.15, -0.1) is 0 Å². The summed E-state index contributed by atoms with van der Waals surface area (Å²) in [7, 11) is 0. The number of rotatable bonds is 7. The van der Waals surface area contributed by atoms with Crippen molar-refractivity contribution in [2.24, 2.45) is 0 Å². The number of nitrogens with zero attached hydrogens (tertiary/aromatic N) is 2. The Labute approximate surface area is 151 Å². The number of aromatic nitrogens is 2. The van der Waals surface area contributed by atoms with Gasteiger partial charge in [0.15, 0.2) is 0 Å². The smallest absolute Gasteiger partial charge is 0.275 e. The van der Waals surface area contributed by atoms with Gasteiger partial charge < -0.3 is 10.6 Å². The number of aryl methyl sites for hydroxylation is 1. The average Bonchev–Trinajstić information content (AvgIpc) is 2.68. The number of carbonyl (C=O) groups excluding carboxylic acids is 1. The minimum Gasteiger partial charge on any atom is -0.369 e.